The third-order valence-electron chi connectivity index (χ3n) is 4.15. The summed E-state index contributed by atoms with van der Waals surface area (Å²) in [6.45, 7) is 4.41. The van der Waals surface area contributed by atoms with E-state index in [1.165, 1.54) is 0 Å². The summed E-state index contributed by atoms with van der Waals surface area (Å²) in [6.07, 6.45) is -8.43. The lowest BCUT2D eigenvalue weighted by Gasteiger charge is -2.35. The van der Waals surface area contributed by atoms with Crippen molar-refractivity contribution < 1.29 is 26.3 Å². The number of piperazine rings is 1. The summed E-state index contributed by atoms with van der Waals surface area (Å²) in [5.74, 6) is 0. The highest BCUT2D eigenvalue weighted by molar-refractivity contribution is 5.85. The van der Waals surface area contributed by atoms with Crippen molar-refractivity contribution in [2.75, 3.05) is 26.2 Å². The lowest BCUT2D eigenvalue weighted by molar-refractivity contribution is -0.143. The van der Waals surface area contributed by atoms with E-state index in [1.807, 2.05) is 11.8 Å². The topological polar surface area (TPSA) is 15.3 Å². The van der Waals surface area contributed by atoms with Gasteiger partial charge in [0.1, 0.15) is 0 Å². The Hall–Kier alpha value is -0.700. The summed E-state index contributed by atoms with van der Waals surface area (Å²) in [5.41, 5.74) is -2.41. The van der Waals surface area contributed by atoms with Crippen molar-refractivity contribution in [3.8, 4) is 0 Å². The molecule has 2 nitrogen and oxygen atoms in total. The summed E-state index contributed by atoms with van der Waals surface area (Å²) < 4.78 is 78.2. The highest BCUT2D eigenvalue weighted by Gasteiger charge is 2.38. The van der Waals surface area contributed by atoms with E-state index in [9.17, 15) is 26.3 Å². The van der Waals surface area contributed by atoms with Gasteiger partial charge in [-0.2, -0.15) is 26.3 Å². The molecule has 1 fully saturated rings. The minimum absolute atomic E-state index is 0. The first-order valence-electron chi connectivity index (χ1n) is 7.87. The van der Waals surface area contributed by atoms with Crippen molar-refractivity contribution in [2.45, 2.75) is 38.2 Å². The largest absolute Gasteiger partial charge is 0.416 e. The molecule has 1 saturated heterocycles. The Kier molecular flexibility index (Phi) is 9.74. The summed E-state index contributed by atoms with van der Waals surface area (Å²) >= 11 is 0. The maximum absolute atomic E-state index is 13.0. The van der Waals surface area contributed by atoms with Crippen LogP contribution in [-0.2, 0) is 12.4 Å². The second kappa shape index (κ2) is 10.0. The molecule has 26 heavy (non-hydrogen) atoms. The molecule has 0 bridgehead atoms. The van der Waals surface area contributed by atoms with Gasteiger partial charge in [0, 0.05) is 32.2 Å². The number of rotatable bonds is 4. The van der Waals surface area contributed by atoms with E-state index >= 15 is 0 Å². The predicted molar refractivity (Wildman–Crippen MR) is 93.0 cm³/mol. The van der Waals surface area contributed by atoms with Crippen molar-refractivity contribution in [1.29, 1.82) is 0 Å². The van der Waals surface area contributed by atoms with E-state index in [1.54, 1.807) is 0 Å². The molecule has 0 spiro atoms. The molecular weight excluding hydrogens is 405 g/mol. The van der Waals surface area contributed by atoms with Crippen LogP contribution in [0.1, 0.15) is 42.5 Å². The van der Waals surface area contributed by atoms with Crippen LogP contribution in [0.5, 0.6) is 0 Å². The molecule has 0 radical (unpaired) electrons. The number of alkyl halides is 6. The van der Waals surface area contributed by atoms with Gasteiger partial charge in [0.15, 0.2) is 0 Å². The number of halogens is 8. The Morgan fingerprint density at radius 2 is 1.38 bits per heavy atom. The minimum Gasteiger partial charge on any atom is -0.314 e. The number of benzene rings is 1. The molecule has 0 aliphatic carbocycles. The van der Waals surface area contributed by atoms with Crippen LogP contribution < -0.4 is 5.32 Å². The van der Waals surface area contributed by atoms with Crippen molar-refractivity contribution in [1.82, 2.24) is 10.2 Å². The number of nitrogens with zero attached hydrogens (tertiary/aromatic N) is 1. The van der Waals surface area contributed by atoms with Gasteiger partial charge >= 0.3 is 12.4 Å². The molecule has 152 valence electrons. The maximum Gasteiger partial charge on any atom is 0.416 e. The Morgan fingerprint density at radius 1 is 0.923 bits per heavy atom. The van der Waals surface area contributed by atoms with Crippen molar-refractivity contribution in [3.63, 3.8) is 0 Å². The van der Waals surface area contributed by atoms with E-state index in [4.69, 9.17) is 0 Å². The molecule has 0 saturated carbocycles. The zero-order valence-electron chi connectivity index (χ0n) is 14.1. The fourth-order valence-electron chi connectivity index (χ4n) is 3.00. The third-order valence-corrected chi connectivity index (χ3v) is 4.15. The Balaban J connectivity index is 0.00000312. The van der Waals surface area contributed by atoms with Gasteiger partial charge in [0.25, 0.3) is 0 Å². The van der Waals surface area contributed by atoms with Gasteiger partial charge in [-0.05, 0) is 30.2 Å². The molecule has 1 atom stereocenters. The first-order valence-corrected chi connectivity index (χ1v) is 7.87. The van der Waals surface area contributed by atoms with E-state index in [0.29, 0.717) is 39.0 Å². The molecule has 1 aliphatic heterocycles. The molecule has 0 aromatic heterocycles. The fourth-order valence-corrected chi connectivity index (χ4v) is 3.00. The SMILES string of the molecule is CCC[C@H](c1cc(C(F)(F)F)cc(C(F)(F)F)c1)N1CCNCC1.Cl.Cl. The third kappa shape index (κ3) is 6.48. The fraction of sp³-hybridized carbons (Fsp3) is 0.625. The molecule has 10 heteroatoms. The Morgan fingerprint density at radius 3 is 1.77 bits per heavy atom. The Labute approximate surface area is 161 Å². The molecule has 2 rings (SSSR count). The van der Waals surface area contributed by atoms with Crippen LogP contribution in [-0.4, -0.2) is 31.1 Å². The van der Waals surface area contributed by atoms with Crippen LogP contribution in [0, 0.1) is 0 Å². The van der Waals surface area contributed by atoms with Crippen LogP contribution in [0.15, 0.2) is 18.2 Å². The van der Waals surface area contributed by atoms with Crippen LogP contribution in [0.4, 0.5) is 26.3 Å². The van der Waals surface area contributed by atoms with Crippen molar-refractivity contribution >= 4 is 24.8 Å². The molecule has 1 aromatic rings. The van der Waals surface area contributed by atoms with E-state index in [2.05, 4.69) is 5.32 Å². The number of hydrogen-bond acceptors (Lipinski definition) is 2. The van der Waals surface area contributed by atoms with Gasteiger partial charge in [-0.25, -0.2) is 0 Å². The molecule has 0 unspecified atom stereocenters. The monoisotopic (exact) mass is 426 g/mol. The standard InChI is InChI=1S/C16H20F6N2.2ClH/c1-2-3-14(24-6-4-23-5-7-24)11-8-12(15(17,18)19)10-13(9-11)16(20,21)22;;/h8-10,14,23H,2-7H2,1H3;2*1H/t14-;;/m1../s1. The van der Waals surface area contributed by atoms with Crippen molar-refractivity contribution in [3.05, 3.63) is 34.9 Å². The van der Waals surface area contributed by atoms with Crippen molar-refractivity contribution in [2.24, 2.45) is 0 Å². The summed E-state index contributed by atoms with van der Waals surface area (Å²) in [7, 11) is 0. The quantitative estimate of drug-likeness (QED) is 0.655. The second-order valence-electron chi connectivity index (χ2n) is 5.93. The highest BCUT2D eigenvalue weighted by Crippen LogP contribution is 2.39. The number of hydrogen-bond donors (Lipinski definition) is 1. The minimum atomic E-state index is -4.81. The molecule has 1 aromatic carbocycles. The van der Waals surface area contributed by atoms with Crippen LogP contribution in [0.25, 0.3) is 0 Å². The molecule has 1 N–H and O–H groups in total. The van der Waals surface area contributed by atoms with Gasteiger partial charge in [-0.1, -0.05) is 13.3 Å². The average Bonchev–Trinajstić information content (AvgIpc) is 2.51. The van der Waals surface area contributed by atoms with Crippen LogP contribution >= 0.6 is 24.8 Å². The second-order valence-corrected chi connectivity index (χ2v) is 5.93. The smallest absolute Gasteiger partial charge is 0.314 e. The first kappa shape index (κ1) is 25.3. The zero-order chi connectivity index (χ0) is 18.0. The molecule has 1 aliphatic rings. The molecule has 1 heterocycles. The van der Waals surface area contributed by atoms with Gasteiger partial charge in [-0.15, -0.1) is 24.8 Å². The maximum atomic E-state index is 13.0. The van der Waals surface area contributed by atoms with E-state index < -0.39 is 29.5 Å². The lowest BCUT2D eigenvalue weighted by Crippen LogP contribution is -2.45. The van der Waals surface area contributed by atoms with Gasteiger partial charge in [0.2, 0.25) is 0 Å². The van der Waals surface area contributed by atoms with E-state index in [0.717, 1.165) is 12.1 Å². The average molecular weight is 427 g/mol. The normalized spacial score (nSPS) is 17.2. The van der Waals surface area contributed by atoms with Crippen LogP contribution in [0.2, 0.25) is 0 Å². The summed E-state index contributed by atoms with van der Waals surface area (Å²) in [5, 5.41) is 3.13. The summed E-state index contributed by atoms with van der Waals surface area (Å²) in [6, 6.07) is 1.46. The summed E-state index contributed by atoms with van der Waals surface area (Å²) in [4.78, 5) is 1.95. The van der Waals surface area contributed by atoms with Crippen LogP contribution in [0.3, 0.4) is 0 Å². The first-order chi connectivity index (χ1) is 11.1. The molecule has 0 amide bonds. The van der Waals surface area contributed by atoms with Gasteiger partial charge in [-0.3, -0.25) is 4.90 Å². The zero-order valence-corrected chi connectivity index (χ0v) is 15.7. The predicted octanol–water partition coefficient (Wildman–Crippen LogP) is 5.31. The lowest BCUT2D eigenvalue weighted by atomic mass is 9.95. The highest BCUT2D eigenvalue weighted by atomic mass is 35.5. The van der Waals surface area contributed by atoms with Gasteiger partial charge in [0.05, 0.1) is 11.1 Å². The van der Waals surface area contributed by atoms with E-state index in [-0.39, 0.29) is 36.4 Å². The molecular formula is C16H22Cl2F6N2. The Bertz CT molecular complexity index is 524. The van der Waals surface area contributed by atoms with Gasteiger partial charge < -0.3 is 5.32 Å². The number of nitrogens with one attached hydrogen (secondary N) is 1.